The molecule has 0 atom stereocenters. The van der Waals surface area contributed by atoms with E-state index in [2.05, 4.69) is 58.5 Å². The minimum Gasteiger partial charge on any atom is -0.453 e. The van der Waals surface area contributed by atoms with Gasteiger partial charge < -0.3 is 17.7 Å². The zero-order valence-corrected chi connectivity index (χ0v) is 31.1. The van der Waals surface area contributed by atoms with E-state index >= 15 is 0 Å². The minimum atomic E-state index is 0.632. The molecule has 8 heteroatoms. The van der Waals surface area contributed by atoms with Crippen LogP contribution in [0.5, 0.6) is 0 Å². The van der Waals surface area contributed by atoms with E-state index in [0.29, 0.717) is 34.8 Å². The summed E-state index contributed by atoms with van der Waals surface area (Å²) in [5.74, 6) is 5.40. The monoisotopic (exact) mass is 754 g/mol. The van der Waals surface area contributed by atoms with Crippen LogP contribution in [0, 0.1) is 0 Å². The van der Waals surface area contributed by atoms with Crippen LogP contribution >= 0.6 is 0 Å². The van der Waals surface area contributed by atoms with Gasteiger partial charge in [0.1, 0.15) is 11.5 Å². The van der Waals surface area contributed by atoms with Crippen LogP contribution in [0.4, 0.5) is 34.5 Å². The Balaban J connectivity index is 0.916. The second kappa shape index (κ2) is 15.2. The molecule has 10 rings (SSSR count). The molecule has 0 aliphatic carbocycles. The first-order chi connectivity index (χ1) is 28.7. The summed E-state index contributed by atoms with van der Waals surface area (Å²) in [5, 5.41) is 0. The molecule has 8 nitrogen and oxygen atoms in total. The number of aromatic nitrogens is 2. The maximum Gasteiger partial charge on any atom is 0.205 e. The van der Waals surface area contributed by atoms with Crippen molar-refractivity contribution in [2.45, 2.75) is 0 Å². The van der Waals surface area contributed by atoms with E-state index in [0.717, 1.165) is 56.5 Å². The number of pyridine rings is 2. The molecule has 0 aliphatic rings. The van der Waals surface area contributed by atoms with Gasteiger partial charge in [-0.3, -0.25) is 19.8 Å². The van der Waals surface area contributed by atoms with E-state index in [-0.39, 0.29) is 0 Å². The number of hydrogen-bond acceptors (Lipinski definition) is 8. The number of benzene rings is 4. The Hall–Kier alpha value is -8.10. The van der Waals surface area contributed by atoms with Crippen LogP contribution < -0.4 is 9.80 Å². The molecule has 4 aromatic carbocycles. The Kier molecular flexibility index (Phi) is 9.02. The largest absolute Gasteiger partial charge is 0.453 e. The lowest BCUT2D eigenvalue weighted by Crippen LogP contribution is -2.09. The standard InChI is InChI=1S/C50H34N4O4/c1-3-9-37(10-4-1)43-23-25-45(55-43)47-27-29-49(57-47)53(41-13-7-31-51-33-41)39-19-15-35(16-20-39)36-17-21-40(22-18-36)54(42-14-8-32-52-34-42)50-30-28-48(58-50)46-26-24-44(56-46)38-11-5-2-6-12-38/h1-34H. The van der Waals surface area contributed by atoms with Gasteiger partial charge >= 0.3 is 0 Å². The van der Waals surface area contributed by atoms with Gasteiger partial charge in [-0.1, -0.05) is 84.9 Å². The number of furan rings is 4. The van der Waals surface area contributed by atoms with Gasteiger partial charge in [0.05, 0.1) is 23.8 Å². The van der Waals surface area contributed by atoms with Crippen molar-refractivity contribution in [2.24, 2.45) is 0 Å². The predicted molar refractivity (Wildman–Crippen MR) is 228 cm³/mol. The van der Waals surface area contributed by atoms with E-state index in [4.69, 9.17) is 17.7 Å². The highest BCUT2D eigenvalue weighted by Gasteiger charge is 2.21. The smallest absolute Gasteiger partial charge is 0.205 e. The van der Waals surface area contributed by atoms with Crippen molar-refractivity contribution < 1.29 is 17.7 Å². The summed E-state index contributed by atoms with van der Waals surface area (Å²) >= 11 is 0. The van der Waals surface area contributed by atoms with Crippen LogP contribution in [-0.4, -0.2) is 9.97 Å². The molecule has 0 saturated carbocycles. The van der Waals surface area contributed by atoms with Crippen LogP contribution in [0.25, 0.3) is 56.8 Å². The van der Waals surface area contributed by atoms with Gasteiger partial charge in [-0.2, -0.15) is 0 Å². The molecule has 10 aromatic rings. The topological polar surface area (TPSA) is 84.8 Å². The fraction of sp³-hybridized carbons (Fsp3) is 0. The van der Waals surface area contributed by atoms with Crippen molar-refractivity contribution in [3.63, 3.8) is 0 Å². The number of rotatable bonds is 11. The molecule has 0 spiro atoms. The molecule has 0 saturated heterocycles. The predicted octanol–water partition coefficient (Wildman–Crippen LogP) is 14.1. The lowest BCUT2D eigenvalue weighted by molar-refractivity contribution is 0.535. The summed E-state index contributed by atoms with van der Waals surface area (Å²) in [6.45, 7) is 0. The van der Waals surface area contributed by atoms with Gasteiger partial charge in [-0.05, 0) is 96.1 Å². The van der Waals surface area contributed by atoms with E-state index in [1.54, 1.807) is 12.4 Å². The van der Waals surface area contributed by atoms with E-state index in [1.807, 2.05) is 156 Å². The maximum atomic E-state index is 6.44. The summed E-state index contributed by atoms with van der Waals surface area (Å²) in [6, 6.07) is 60.2. The zero-order chi connectivity index (χ0) is 38.7. The Morgan fingerprint density at radius 2 is 0.655 bits per heavy atom. The third-order valence-corrected chi connectivity index (χ3v) is 9.83. The molecular weight excluding hydrogens is 721 g/mol. The molecule has 0 amide bonds. The van der Waals surface area contributed by atoms with Gasteiger partial charge in [0.15, 0.2) is 23.0 Å². The molecule has 0 aliphatic heterocycles. The SMILES string of the molecule is c1ccc(-c2ccc(-c3ccc(N(c4ccc(-c5ccc(N(c6cccnc6)c6ccc(-c7ccc(-c8ccccc8)o7)o6)cc5)cc4)c4cccnc4)o3)o2)cc1. The molecule has 0 fully saturated rings. The molecule has 0 unspecified atom stereocenters. The normalized spacial score (nSPS) is 11.1. The molecule has 58 heavy (non-hydrogen) atoms. The van der Waals surface area contributed by atoms with Gasteiger partial charge in [0.2, 0.25) is 11.8 Å². The molecule has 0 N–H and O–H groups in total. The first-order valence-electron chi connectivity index (χ1n) is 18.9. The van der Waals surface area contributed by atoms with Gasteiger partial charge in [0, 0.05) is 47.0 Å². The van der Waals surface area contributed by atoms with Crippen LogP contribution in [0.1, 0.15) is 0 Å². The van der Waals surface area contributed by atoms with Crippen molar-refractivity contribution in [3.05, 3.63) is 207 Å². The summed E-state index contributed by atoms with van der Waals surface area (Å²) in [6.07, 6.45) is 7.16. The zero-order valence-electron chi connectivity index (χ0n) is 31.1. The summed E-state index contributed by atoms with van der Waals surface area (Å²) in [4.78, 5) is 12.9. The first-order valence-corrected chi connectivity index (χ1v) is 18.9. The van der Waals surface area contributed by atoms with Crippen molar-refractivity contribution >= 4 is 34.5 Å². The first kappa shape index (κ1) is 34.4. The van der Waals surface area contributed by atoms with Gasteiger partial charge in [0.25, 0.3) is 0 Å². The maximum absolute atomic E-state index is 6.44. The Labute approximate surface area is 334 Å². The molecule has 0 radical (unpaired) electrons. The van der Waals surface area contributed by atoms with Crippen LogP contribution in [0.3, 0.4) is 0 Å². The number of anilines is 6. The average molecular weight is 755 g/mol. The molecule has 0 bridgehead atoms. The fourth-order valence-electron chi connectivity index (χ4n) is 7.00. The highest BCUT2D eigenvalue weighted by Crippen LogP contribution is 2.41. The lowest BCUT2D eigenvalue weighted by Gasteiger charge is -2.23. The summed E-state index contributed by atoms with van der Waals surface area (Å²) in [7, 11) is 0. The quantitative estimate of drug-likeness (QED) is 0.129. The highest BCUT2D eigenvalue weighted by atomic mass is 16.4. The average Bonchev–Trinajstić information content (AvgIpc) is 4.14. The fourth-order valence-corrected chi connectivity index (χ4v) is 7.00. The van der Waals surface area contributed by atoms with E-state index in [1.165, 1.54) is 0 Å². The van der Waals surface area contributed by atoms with E-state index in [9.17, 15) is 0 Å². The Morgan fingerprint density at radius 1 is 0.276 bits per heavy atom. The number of nitrogens with zero attached hydrogens (tertiary/aromatic N) is 4. The van der Waals surface area contributed by atoms with Crippen molar-refractivity contribution in [1.29, 1.82) is 0 Å². The minimum absolute atomic E-state index is 0.632. The third kappa shape index (κ3) is 6.86. The van der Waals surface area contributed by atoms with Crippen molar-refractivity contribution in [3.8, 4) is 56.8 Å². The number of hydrogen-bond donors (Lipinski definition) is 0. The van der Waals surface area contributed by atoms with Gasteiger partial charge in [-0.25, -0.2) is 0 Å². The van der Waals surface area contributed by atoms with Crippen molar-refractivity contribution in [1.82, 2.24) is 9.97 Å². The molecule has 6 aromatic heterocycles. The Morgan fingerprint density at radius 3 is 1.05 bits per heavy atom. The molecular formula is C50H34N4O4. The van der Waals surface area contributed by atoms with Gasteiger partial charge in [-0.15, -0.1) is 0 Å². The van der Waals surface area contributed by atoms with Crippen molar-refractivity contribution in [2.75, 3.05) is 9.80 Å². The van der Waals surface area contributed by atoms with Crippen LogP contribution in [-0.2, 0) is 0 Å². The Bertz CT molecular complexity index is 2680. The van der Waals surface area contributed by atoms with Crippen LogP contribution in [0.15, 0.2) is 224 Å². The molecule has 278 valence electrons. The second-order valence-corrected chi connectivity index (χ2v) is 13.5. The molecule has 6 heterocycles. The van der Waals surface area contributed by atoms with Crippen LogP contribution in [0.2, 0.25) is 0 Å². The lowest BCUT2D eigenvalue weighted by atomic mass is 10.0. The third-order valence-electron chi connectivity index (χ3n) is 9.83. The van der Waals surface area contributed by atoms with E-state index < -0.39 is 0 Å². The summed E-state index contributed by atoms with van der Waals surface area (Å²) < 4.78 is 25.3. The summed E-state index contributed by atoms with van der Waals surface area (Å²) in [5.41, 5.74) is 7.71. The highest BCUT2D eigenvalue weighted by molar-refractivity contribution is 5.79. The second-order valence-electron chi connectivity index (χ2n) is 13.5.